The van der Waals surface area contributed by atoms with Crippen molar-refractivity contribution in [3.05, 3.63) is 253 Å². The van der Waals surface area contributed by atoms with Crippen LogP contribution in [0.1, 0.15) is 49.9 Å². The van der Waals surface area contributed by atoms with Gasteiger partial charge in [-0.05, 0) is 161 Å². The van der Waals surface area contributed by atoms with Crippen molar-refractivity contribution in [1.29, 1.82) is 0 Å². The Morgan fingerprint density at radius 2 is 0.486 bits per heavy atom. The standard InChI is InChI=1S/C70H50/c1-69(2)61-33-19-18-23-48(61)49-37-34-44(40-62(49)69)65-53-25-10-12-27-55(53)66(56-28-13-11-26-54(56)65)45-35-38-50-51-39-36-46(42-64(51)70(3,4)63(50)41-45)67-57-29-14-16-31-59(57)68(60-32-17-15-30-58(60)67)52-24-9-8-22-47(52)43-20-6-5-7-21-43/h5-42H,1-4H3. The normalized spacial score (nSPS) is 13.9. The molecule has 0 radical (unpaired) electrons. The average molecular weight is 891 g/mol. The van der Waals surface area contributed by atoms with E-state index in [1.807, 2.05) is 0 Å². The van der Waals surface area contributed by atoms with Gasteiger partial charge in [-0.2, -0.15) is 0 Å². The van der Waals surface area contributed by atoms with Crippen molar-refractivity contribution in [2.24, 2.45) is 0 Å². The molecule has 12 aromatic carbocycles. The molecule has 12 aromatic rings. The molecule has 0 N–H and O–H groups in total. The molecule has 2 aliphatic rings. The SMILES string of the molecule is CC1(C)c2ccccc2-c2ccc(-c3c4ccccc4c(-c4ccc5c(c4)C(C)(C)c4cc(-c6c7ccccc7c(-c7ccccc7-c7ccccc7)c7ccccc67)ccc4-5)c4ccccc34)cc21. The van der Waals surface area contributed by atoms with Crippen LogP contribution in [0.15, 0.2) is 231 Å². The number of fused-ring (bicyclic) bond motifs is 10. The summed E-state index contributed by atoms with van der Waals surface area (Å²) in [7, 11) is 0. The molecular weight excluding hydrogens is 841 g/mol. The van der Waals surface area contributed by atoms with E-state index >= 15 is 0 Å². The van der Waals surface area contributed by atoms with Crippen molar-refractivity contribution < 1.29 is 0 Å². The lowest BCUT2D eigenvalue weighted by Gasteiger charge is -2.24. The van der Waals surface area contributed by atoms with Crippen molar-refractivity contribution >= 4 is 43.1 Å². The minimum Gasteiger partial charge on any atom is -0.0622 e. The van der Waals surface area contributed by atoms with Gasteiger partial charge in [-0.15, -0.1) is 0 Å². The molecule has 0 heteroatoms. The maximum atomic E-state index is 2.52. The van der Waals surface area contributed by atoms with Gasteiger partial charge in [0.05, 0.1) is 0 Å². The van der Waals surface area contributed by atoms with Gasteiger partial charge in [0.25, 0.3) is 0 Å². The lowest BCUT2D eigenvalue weighted by atomic mass is 9.79. The van der Waals surface area contributed by atoms with Crippen LogP contribution in [0.2, 0.25) is 0 Å². The molecule has 0 saturated heterocycles. The van der Waals surface area contributed by atoms with Crippen LogP contribution in [0.5, 0.6) is 0 Å². The lowest BCUT2D eigenvalue weighted by Crippen LogP contribution is -2.15. The molecule has 0 heterocycles. The Hall–Kier alpha value is -8.32. The van der Waals surface area contributed by atoms with Gasteiger partial charge in [0.2, 0.25) is 0 Å². The van der Waals surface area contributed by atoms with E-state index in [1.54, 1.807) is 0 Å². The lowest BCUT2D eigenvalue weighted by molar-refractivity contribution is 0.660. The molecule has 0 bridgehead atoms. The molecule has 0 spiro atoms. The first-order valence-electron chi connectivity index (χ1n) is 24.8. The van der Waals surface area contributed by atoms with E-state index < -0.39 is 0 Å². The average Bonchev–Trinajstić information content (AvgIpc) is 3.77. The van der Waals surface area contributed by atoms with Crippen molar-refractivity contribution in [3.63, 3.8) is 0 Å². The van der Waals surface area contributed by atoms with E-state index in [-0.39, 0.29) is 10.8 Å². The van der Waals surface area contributed by atoms with Gasteiger partial charge in [0.1, 0.15) is 0 Å². The topological polar surface area (TPSA) is 0 Å². The maximum absolute atomic E-state index is 2.52. The molecule has 0 nitrogen and oxygen atoms in total. The fourth-order valence-corrected chi connectivity index (χ4v) is 13.0. The largest absolute Gasteiger partial charge is 0.0622 e. The molecule has 70 heavy (non-hydrogen) atoms. The quantitative estimate of drug-likeness (QED) is 0.151. The zero-order valence-electron chi connectivity index (χ0n) is 39.9. The highest BCUT2D eigenvalue weighted by Gasteiger charge is 2.38. The van der Waals surface area contributed by atoms with E-state index in [0.717, 1.165) is 0 Å². The first-order valence-corrected chi connectivity index (χ1v) is 24.8. The fourth-order valence-electron chi connectivity index (χ4n) is 13.0. The van der Waals surface area contributed by atoms with Crippen LogP contribution >= 0.6 is 0 Å². The Bertz CT molecular complexity index is 4050. The molecule has 0 aromatic heterocycles. The summed E-state index contributed by atoms with van der Waals surface area (Å²) in [5.41, 5.74) is 23.3. The van der Waals surface area contributed by atoms with Crippen LogP contribution in [0.25, 0.3) is 121 Å². The Labute approximate surface area is 410 Å². The van der Waals surface area contributed by atoms with Crippen LogP contribution in [0.3, 0.4) is 0 Å². The van der Waals surface area contributed by atoms with Crippen LogP contribution < -0.4 is 0 Å². The Morgan fingerprint density at radius 3 is 0.886 bits per heavy atom. The number of hydrogen-bond donors (Lipinski definition) is 0. The highest BCUT2D eigenvalue weighted by atomic mass is 14.4. The fraction of sp³-hybridized carbons (Fsp3) is 0.0857. The summed E-state index contributed by atoms with van der Waals surface area (Å²) in [6.07, 6.45) is 0. The minimum atomic E-state index is -0.239. The third kappa shape index (κ3) is 5.77. The molecule has 0 saturated carbocycles. The molecule has 0 aliphatic heterocycles. The van der Waals surface area contributed by atoms with Crippen LogP contribution in [-0.2, 0) is 10.8 Å². The second kappa shape index (κ2) is 15.1. The third-order valence-electron chi connectivity index (χ3n) is 16.3. The second-order valence-electron chi connectivity index (χ2n) is 20.7. The summed E-state index contributed by atoms with van der Waals surface area (Å²) in [5, 5.41) is 10.2. The molecule has 0 fully saturated rings. The molecule has 0 amide bonds. The molecular formula is C70H50. The highest BCUT2D eigenvalue weighted by Crippen LogP contribution is 2.55. The van der Waals surface area contributed by atoms with E-state index in [9.17, 15) is 0 Å². The van der Waals surface area contributed by atoms with Gasteiger partial charge in [0.15, 0.2) is 0 Å². The maximum Gasteiger partial charge on any atom is 0.0159 e. The number of benzene rings is 12. The van der Waals surface area contributed by atoms with Crippen molar-refractivity contribution in [1.82, 2.24) is 0 Å². The Morgan fingerprint density at radius 1 is 0.200 bits per heavy atom. The second-order valence-corrected chi connectivity index (χ2v) is 20.7. The summed E-state index contributed by atoms with van der Waals surface area (Å²) in [6, 6.07) is 86.8. The molecule has 2 aliphatic carbocycles. The molecule has 0 unspecified atom stereocenters. The summed E-state index contributed by atoms with van der Waals surface area (Å²) < 4.78 is 0. The van der Waals surface area contributed by atoms with Gasteiger partial charge in [0, 0.05) is 10.8 Å². The summed E-state index contributed by atoms with van der Waals surface area (Å²) >= 11 is 0. The van der Waals surface area contributed by atoms with Crippen LogP contribution in [0.4, 0.5) is 0 Å². The number of hydrogen-bond acceptors (Lipinski definition) is 0. The first kappa shape index (κ1) is 40.7. The Balaban J connectivity index is 0.914. The van der Waals surface area contributed by atoms with Gasteiger partial charge in [-0.1, -0.05) is 240 Å². The van der Waals surface area contributed by atoms with Crippen molar-refractivity contribution in [2.45, 2.75) is 38.5 Å². The molecule has 330 valence electrons. The number of rotatable bonds is 5. The summed E-state index contributed by atoms with van der Waals surface area (Å²) in [6.45, 7) is 9.61. The van der Waals surface area contributed by atoms with E-state index in [0.29, 0.717) is 0 Å². The van der Waals surface area contributed by atoms with E-state index in [1.165, 1.54) is 143 Å². The summed E-state index contributed by atoms with van der Waals surface area (Å²) in [4.78, 5) is 0. The zero-order chi connectivity index (χ0) is 46.9. The highest BCUT2D eigenvalue weighted by molar-refractivity contribution is 6.23. The summed E-state index contributed by atoms with van der Waals surface area (Å²) in [5.74, 6) is 0. The van der Waals surface area contributed by atoms with E-state index in [4.69, 9.17) is 0 Å². The van der Waals surface area contributed by atoms with Gasteiger partial charge in [-0.3, -0.25) is 0 Å². The van der Waals surface area contributed by atoms with Crippen molar-refractivity contribution in [3.8, 4) is 77.9 Å². The van der Waals surface area contributed by atoms with Crippen LogP contribution in [0, 0.1) is 0 Å². The monoisotopic (exact) mass is 890 g/mol. The molecule has 14 rings (SSSR count). The predicted octanol–water partition coefficient (Wildman–Crippen LogP) is 19.2. The molecule has 0 atom stereocenters. The Kier molecular flexibility index (Phi) is 8.78. The van der Waals surface area contributed by atoms with Gasteiger partial charge in [-0.25, -0.2) is 0 Å². The van der Waals surface area contributed by atoms with Crippen molar-refractivity contribution in [2.75, 3.05) is 0 Å². The van der Waals surface area contributed by atoms with E-state index in [2.05, 4.69) is 258 Å². The van der Waals surface area contributed by atoms with Gasteiger partial charge >= 0.3 is 0 Å². The van der Waals surface area contributed by atoms with Gasteiger partial charge < -0.3 is 0 Å². The van der Waals surface area contributed by atoms with Crippen LogP contribution in [-0.4, -0.2) is 0 Å². The third-order valence-corrected chi connectivity index (χ3v) is 16.3. The predicted molar refractivity (Wildman–Crippen MR) is 299 cm³/mol. The smallest absolute Gasteiger partial charge is 0.0159 e. The zero-order valence-corrected chi connectivity index (χ0v) is 39.9. The minimum absolute atomic E-state index is 0.0786. The first-order chi connectivity index (χ1) is 34.3.